The van der Waals surface area contributed by atoms with Crippen LogP contribution in [0.15, 0.2) is 52.0 Å². The lowest BCUT2D eigenvalue weighted by atomic mass is 10.2. The summed E-state index contributed by atoms with van der Waals surface area (Å²) in [6.07, 6.45) is 1.43. The first-order chi connectivity index (χ1) is 9.58. The van der Waals surface area contributed by atoms with Crippen molar-refractivity contribution in [3.8, 4) is 11.5 Å². The second kappa shape index (κ2) is 6.21. The number of nitrogens with one attached hydrogen (secondary N) is 1. The van der Waals surface area contributed by atoms with E-state index in [0.717, 1.165) is 0 Å². The summed E-state index contributed by atoms with van der Waals surface area (Å²) in [4.78, 5) is 11.8. The Morgan fingerprint density at radius 2 is 1.95 bits per heavy atom. The Hall–Kier alpha value is -2.34. The van der Waals surface area contributed by atoms with Gasteiger partial charge in [-0.15, -0.1) is 0 Å². The van der Waals surface area contributed by atoms with Crippen LogP contribution in [0.3, 0.4) is 0 Å². The van der Waals surface area contributed by atoms with Crippen molar-refractivity contribution < 1.29 is 15.0 Å². The van der Waals surface area contributed by atoms with Crippen molar-refractivity contribution in [1.82, 2.24) is 5.43 Å². The van der Waals surface area contributed by atoms with Gasteiger partial charge in [0.05, 0.1) is 11.8 Å². The fourth-order valence-electron chi connectivity index (χ4n) is 1.51. The standard InChI is InChI=1S/C14H11BrN2O3/c15-12-7-10(18)6-5-9(12)8-16-17-14(20)11-3-1-2-4-13(11)19/h1-8,18-19H,(H,17,20)/b16-8+. The van der Waals surface area contributed by atoms with Crippen LogP contribution < -0.4 is 5.43 Å². The molecule has 0 aromatic heterocycles. The molecule has 2 aromatic rings. The first-order valence-corrected chi connectivity index (χ1v) is 6.47. The molecule has 5 nitrogen and oxygen atoms in total. The lowest BCUT2D eigenvalue weighted by molar-refractivity contribution is 0.0952. The quantitative estimate of drug-likeness (QED) is 0.596. The molecule has 102 valence electrons. The fraction of sp³-hybridized carbons (Fsp3) is 0. The Balaban J connectivity index is 2.07. The van der Waals surface area contributed by atoms with Gasteiger partial charge >= 0.3 is 0 Å². The summed E-state index contributed by atoms with van der Waals surface area (Å²) < 4.78 is 0.651. The zero-order valence-corrected chi connectivity index (χ0v) is 11.8. The molecule has 2 aromatic carbocycles. The van der Waals surface area contributed by atoms with Gasteiger partial charge in [-0.05, 0) is 46.3 Å². The molecular formula is C14H11BrN2O3. The summed E-state index contributed by atoms with van der Waals surface area (Å²) in [7, 11) is 0. The van der Waals surface area contributed by atoms with Gasteiger partial charge in [0, 0.05) is 10.0 Å². The summed E-state index contributed by atoms with van der Waals surface area (Å²) >= 11 is 3.27. The number of nitrogens with zero attached hydrogens (tertiary/aromatic N) is 1. The third-order valence-corrected chi connectivity index (χ3v) is 3.19. The zero-order valence-electron chi connectivity index (χ0n) is 10.2. The van der Waals surface area contributed by atoms with Crippen molar-refractivity contribution in [3.05, 3.63) is 58.1 Å². The fourth-order valence-corrected chi connectivity index (χ4v) is 1.98. The zero-order chi connectivity index (χ0) is 14.5. The second-order valence-corrected chi connectivity index (χ2v) is 4.78. The van der Waals surface area contributed by atoms with E-state index in [0.29, 0.717) is 10.0 Å². The number of hydrogen-bond acceptors (Lipinski definition) is 4. The molecule has 0 aliphatic carbocycles. The van der Waals surface area contributed by atoms with E-state index in [1.165, 1.54) is 30.5 Å². The average Bonchev–Trinajstić information content (AvgIpc) is 2.41. The van der Waals surface area contributed by atoms with Gasteiger partial charge in [-0.3, -0.25) is 4.79 Å². The van der Waals surface area contributed by atoms with Gasteiger partial charge in [0.25, 0.3) is 5.91 Å². The van der Waals surface area contributed by atoms with E-state index in [1.54, 1.807) is 18.2 Å². The minimum atomic E-state index is -0.505. The van der Waals surface area contributed by atoms with Crippen LogP contribution in [-0.2, 0) is 0 Å². The van der Waals surface area contributed by atoms with Crippen LogP contribution in [0.1, 0.15) is 15.9 Å². The third kappa shape index (κ3) is 3.36. The van der Waals surface area contributed by atoms with Gasteiger partial charge in [-0.2, -0.15) is 5.10 Å². The maximum Gasteiger partial charge on any atom is 0.275 e. The van der Waals surface area contributed by atoms with E-state index in [2.05, 4.69) is 26.5 Å². The number of hydrazone groups is 1. The molecule has 0 aliphatic heterocycles. The summed E-state index contributed by atoms with van der Waals surface area (Å²) in [5, 5.41) is 22.6. The molecule has 0 heterocycles. The van der Waals surface area contributed by atoms with Crippen molar-refractivity contribution >= 4 is 28.1 Å². The first-order valence-electron chi connectivity index (χ1n) is 5.68. The Morgan fingerprint density at radius 3 is 2.65 bits per heavy atom. The van der Waals surface area contributed by atoms with E-state index < -0.39 is 5.91 Å². The SMILES string of the molecule is O=C(N/N=C/c1ccc(O)cc1Br)c1ccccc1O. The molecule has 0 aliphatic rings. The lowest BCUT2D eigenvalue weighted by Gasteiger charge is -2.02. The van der Waals surface area contributed by atoms with Gasteiger partial charge in [0.15, 0.2) is 0 Å². The molecule has 0 saturated heterocycles. The molecule has 0 fully saturated rings. The maximum atomic E-state index is 11.8. The molecule has 3 N–H and O–H groups in total. The highest BCUT2D eigenvalue weighted by molar-refractivity contribution is 9.10. The molecule has 0 bridgehead atoms. The number of para-hydroxylation sites is 1. The third-order valence-electron chi connectivity index (χ3n) is 2.50. The van der Waals surface area contributed by atoms with Crippen LogP contribution in [0.5, 0.6) is 11.5 Å². The van der Waals surface area contributed by atoms with E-state index in [9.17, 15) is 15.0 Å². The van der Waals surface area contributed by atoms with E-state index in [-0.39, 0.29) is 17.1 Å². The van der Waals surface area contributed by atoms with Gasteiger partial charge in [0.2, 0.25) is 0 Å². The normalized spacial score (nSPS) is 10.7. The smallest absolute Gasteiger partial charge is 0.275 e. The minimum Gasteiger partial charge on any atom is -0.508 e. The highest BCUT2D eigenvalue weighted by Gasteiger charge is 2.08. The van der Waals surface area contributed by atoms with E-state index in [1.807, 2.05) is 0 Å². The first kappa shape index (κ1) is 14.1. The van der Waals surface area contributed by atoms with Gasteiger partial charge in [0.1, 0.15) is 11.5 Å². The highest BCUT2D eigenvalue weighted by atomic mass is 79.9. The summed E-state index contributed by atoms with van der Waals surface area (Å²) in [5.41, 5.74) is 3.16. The summed E-state index contributed by atoms with van der Waals surface area (Å²) in [5.74, 6) is -0.479. The Bertz CT molecular complexity index is 671. The second-order valence-electron chi connectivity index (χ2n) is 3.92. The Labute approximate surface area is 123 Å². The van der Waals surface area contributed by atoms with E-state index in [4.69, 9.17) is 0 Å². The number of amides is 1. The number of carbonyl (C=O) groups excluding carboxylic acids is 1. The average molecular weight is 335 g/mol. The van der Waals surface area contributed by atoms with Gasteiger partial charge < -0.3 is 10.2 Å². The number of rotatable bonds is 3. The number of hydrogen-bond donors (Lipinski definition) is 3. The predicted octanol–water partition coefficient (Wildman–Crippen LogP) is 2.62. The Morgan fingerprint density at radius 1 is 1.20 bits per heavy atom. The number of halogens is 1. The monoisotopic (exact) mass is 334 g/mol. The molecule has 2 rings (SSSR count). The minimum absolute atomic E-state index is 0.106. The number of phenols is 2. The largest absolute Gasteiger partial charge is 0.508 e. The summed E-state index contributed by atoms with van der Waals surface area (Å²) in [6, 6.07) is 10.9. The molecule has 6 heteroatoms. The van der Waals surface area contributed by atoms with Crippen LogP contribution in [0.25, 0.3) is 0 Å². The van der Waals surface area contributed by atoms with Crippen LogP contribution >= 0.6 is 15.9 Å². The number of phenolic OH excluding ortho intramolecular Hbond substituents is 2. The van der Waals surface area contributed by atoms with Crippen molar-refractivity contribution in [2.24, 2.45) is 5.10 Å². The molecule has 0 spiro atoms. The van der Waals surface area contributed by atoms with Crippen molar-refractivity contribution in [3.63, 3.8) is 0 Å². The maximum absolute atomic E-state index is 11.8. The summed E-state index contributed by atoms with van der Waals surface area (Å²) in [6.45, 7) is 0. The van der Waals surface area contributed by atoms with Crippen LogP contribution in [0.4, 0.5) is 0 Å². The molecule has 20 heavy (non-hydrogen) atoms. The molecule has 0 saturated carbocycles. The molecule has 0 unspecified atom stereocenters. The van der Waals surface area contributed by atoms with Crippen molar-refractivity contribution in [2.45, 2.75) is 0 Å². The van der Waals surface area contributed by atoms with E-state index >= 15 is 0 Å². The number of carbonyl (C=O) groups is 1. The molecule has 0 atom stereocenters. The highest BCUT2D eigenvalue weighted by Crippen LogP contribution is 2.20. The molecular weight excluding hydrogens is 324 g/mol. The molecule has 0 radical (unpaired) electrons. The lowest BCUT2D eigenvalue weighted by Crippen LogP contribution is -2.17. The number of aromatic hydroxyl groups is 2. The molecule has 1 amide bonds. The van der Waals surface area contributed by atoms with Gasteiger partial charge in [-0.25, -0.2) is 5.43 Å². The Kier molecular flexibility index (Phi) is 4.37. The van der Waals surface area contributed by atoms with Crippen LogP contribution in [-0.4, -0.2) is 22.3 Å². The van der Waals surface area contributed by atoms with Crippen molar-refractivity contribution in [2.75, 3.05) is 0 Å². The number of benzene rings is 2. The van der Waals surface area contributed by atoms with Crippen LogP contribution in [0, 0.1) is 0 Å². The van der Waals surface area contributed by atoms with Crippen LogP contribution in [0.2, 0.25) is 0 Å². The predicted molar refractivity (Wildman–Crippen MR) is 79.0 cm³/mol. The van der Waals surface area contributed by atoms with Gasteiger partial charge in [-0.1, -0.05) is 12.1 Å². The topological polar surface area (TPSA) is 81.9 Å². The van der Waals surface area contributed by atoms with Crippen molar-refractivity contribution in [1.29, 1.82) is 0 Å².